The summed E-state index contributed by atoms with van der Waals surface area (Å²) >= 11 is 13.0. The van der Waals surface area contributed by atoms with Crippen molar-refractivity contribution in [1.82, 2.24) is 19.8 Å². The molecular weight excluding hydrogens is 541 g/mol. The minimum atomic E-state index is -0.395. The molecule has 9 nitrogen and oxygen atoms in total. The van der Waals surface area contributed by atoms with E-state index < -0.39 is 5.97 Å². The van der Waals surface area contributed by atoms with E-state index in [2.05, 4.69) is 20.1 Å². The summed E-state index contributed by atoms with van der Waals surface area (Å²) in [7, 11) is 1.37. The molecule has 2 aliphatic carbocycles. The molecule has 0 amide bonds. The summed E-state index contributed by atoms with van der Waals surface area (Å²) in [5.74, 6) is 2.60. The van der Waals surface area contributed by atoms with Gasteiger partial charge in [-0.3, -0.25) is 0 Å². The standard InChI is InChI=1S/C28H27Cl2N5O4/c1-37-27(36)16-7-8-23-31-28(32-35(23)13-16)34-11-17-9-19(10-18(17)12-34)38-14-20-25(33-39-26(20)15-5-6-15)24-21(29)3-2-4-22(24)30/h2-4,7-8,13,15,17-19H,5-6,9-12,14H2,1H3/t17-,18?,19?/m0/s1. The molecule has 2 saturated carbocycles. The number of esters is 1. The predicted molar refractivity (Wildman–Crippen MR) is 145 cm³/mol. The fourth-order valence-corrected chi connectivity index (χ4v) is 6.61. The second kappa shape index (κ2) is 9.80. The first-order valence-corrected chi connectivity index (χ1v) is 14.0. The molecular formula is C28H27Cl2N5O4. The molecule has 3 fully saturated rings. The van der Waals surface area contributed by atoms with Gasteiger partial charge >= 0.3 is 5.97 Å². The van der Waals surface area contributed by atoms with Crippen molar-refractivity contribution in [1.29, 1.82) is 0 Å². The highest BCUT2D eigenvalue weighted by Gasteiger charge is 2.43. The smallest absolute Gasteiger partial charge is 0.339 e. The van der Waals surface area contributed by atoms with Gasteiger partial charge in [-0.25, -0.2) is 9.31 Å². The number of ether oxygens (including phenoxy) is 2. The van der Waals surface area contributed by atoms with Crippen LogP contribution in [0.1, 0.15) is 53.3 Å². The molecule has 39 heavy (non-hydrogen) atoms. The number of nitrogens with zero attached hydrogens (tertiary/aromatic N) is 5. The summed E-state index contributed by atoms with van der Waals surface area (Å²) in [5.41, 5.74) is 3.49. The number of hydrogen-bond donors (Lipinski definition) is 0. The third-order valence-corrected chi connectivity index (χ3v) is 8.79. The van der Waals surface area contributed by atoms with Gasteiger partial charge in [0.1, 0.15) is 11.5 Å². The monoisotopic (exact) mass is 567 g/mol. The highest BCUT2D eigenvalue weighted by molar-refractivity contribution is 6.39. The summed E-state index contributed by atoms with van der Waals surface area (Å²) < 4.78 is 18.7. The first-order chi connectivity index (χ1) is 19.0. The highest BCUT2D eigenvalue weighted by Crippen LogP contribution is 2.47. The van der Waals surface area contributed by atoms with Crippen molar-refractivity contribution in [3.8, 4) is 11.3 Å². The Morgan fingerprint density at radius 2 is 1.85 bits per heavy atom. The maximum absolute atomic E-state index is 11.9. The van der Waals surface area contributed by atoms with E-state index >= 15 is 0 Å². The van der Waals surface area contributed by atoms with Gasteiger partial charge in [0.15, 0.2) is 5.65 Å². The van der Waals surface area contributed by atoms with Crippen LogP contribution in [0.4, 0.5) is 5.95 Å². The van der Waals surface area contributed by atoms with Gasteiger partial charge in [0, 0.05) is 36.3 Å². The number of anilines is 1. The molecule has 4 heterocycles. The van der Waals surface area contributed by atoms with Crippen LogP contribution in [0.25, 0.3) is 16.9 Å². The van der Waals surface area contributed by atoms with E-state index in [9.17, 15) is 4.79 Å². The first-order valence-electron chi connectivity index (χ1n) is 13.2. The summed E-state index contributed by atoms with van der Waals surface area (Å²) in [4.78, 5) is 18.8. The lowest BCUT2D eigenvalue weighted by molar-refractivity contribution is 0.0402. The number of benzene rings is 1. The number of hydrogen-bond acceptors (Lipinski definition) is 8. The molecule has 1 saturated heterocycles. The number of rotatable bonds is 7. The van der Waals surface area contributed by atoms with Crippen LogP contribution in [0.2, 0.25) is 10.0 Å². The van der Waals surface area contributed by atoms with Crippen molar-refractivity contribution in [2.24, 2.45) is 11.8 Å². The highest BCUT2D eigenvalue weighted by atomic mass is 35.5. The van der Waals surface area contributed by atoms with Crippen molar-refractivity contribution < 1.29 is 18.8 Å². The molecule has 1 aromatic carbocycles. The van der Waals surface area contributed by atoms with Gasteiger partial charge in [-0.1, -0.05) is 34.4 Å². The zero-order valence-corrected chi connectivity index (χ0v) is 22.9. The van der Waals surface area contributed by atoms with E-state index in [1.165, 1.54) is 7.11 Å². The van der Waals surface area contributed by atoms with Crippen molar-refractivity contribution >= 4 is 40.8 Å². The predicted octanol–water partition coefficient (Wildman–Crippen LogP) is 5.79. The SMILES string of the molecule is COC(=O)c1ccc2nc(N3CC4CC(OCc5c(-c6c(Cl)cccc6Cl)noc5C5CC5)C[C@H]4C3)nn2c1. The van der Waals surface area contributed by atoms with Crippen LogP contribution in [-0.2, 0) is 16.1 Å². The van der Waals surface area contributed by atoms with Crippen molar-refractivity contribution in [3.05, 3.63) is 63.5 Å². The molecule has 3 aromatic heterocycles. The quantitative estimate of drug-likeness (QED) is 0.259. The molecule has 0 spiro atoms. The van der Waals surface area contributed by atoms with Crippen molar-refractivity contribution in [3.63, 3.8) is 0 Å². The maximum Gasteiger partial charge on any atom is 0.339 e. The fourth-order valence-electron chi connectivity index (χ4n) is 6.04. The molecule has 7 rings (SSSR count). The zero-order valence-electron chi connectivity index (χ0n) is 21.3. The van der Waals surface area contributed by atoms with Gasteiger partial charge in [0.25, 0.3) is 0 Å². The van der Waals surface area contributed by atoms with Crippen LogP contribution in [0.5, 0.6) is 0 Å². The second-order valence-corrected chi connectivity index (χ2v) is 11.5. The maximum atomic E-state index is 11.9. The molecule has 3 atom stereocenters. The van der Waals surface area contributed by atoms with Gasteiger partial charge in [0.05, 0.1) is 35.4 Å². The number of aromatic nitrogens is 4. The summed E-state index contributed by atoms with van der Waals surface area (Å²) in [6, 6.07) is 8.95. The number of carbonyl (C=O) groups is 1. The van der Waals surface area contributed by atoms with Gasteiger partial charge in [-0.15, -0.1) is 5.10 Å². The summed E-state index contributed by atoms with van der Waals surface area (Å²) in [6.45, 7) is 2.19. The molecule has 4 aromatic rings. The molecule has 3 aliphatic rings. The topological polar surface area (TPSA) is 95.0 Å². The Labute approximate surface area is 235 Å². The number of pyridine rings is 1. The van der Waals surface area contributed by atoms with Crippen LogP contribution in [0.3, 0.4) is 0 Å². The van der Waals surface area contributed by atoms with E-state index in [1.807, 2.05) is 18.2 Å². The van der Waals surface area contributed by atoms with E-state index in [4.69, 9.17) is 37.2 Å². The Hall–Kier alpha value is -3.14. The van der Waals surface area contributed by atoms with Gasteiger partial charge < -0.3 is 18.9 Å². The number of halogens is 2. The van der Waals surface area contributed by atoms with E-state index in [1.54, 1.807) is 22.8 Å². The third kappa shape index (κ3) is 4.56. The molecule has 0 bridgehead atoms. The largest absolute Gasteiger partial charge is 0.465 e. The zero-order chi connectivity index (χ0) is 26.7. The Balaban J connectivity index is 1.03. The van der Waals surface area contributed by atoms with E-state index in [-0.39, 0.29) is 6.10 Å². The van der Waals surface area contributed by atoms with Gasteiger partial charge in [-0.2, -0.15) is 4.98 Å². The lowest BCUT2D eigenvalue weighted by Gasteiger charge is -2.18. The Morgan fingerprint density at radius 3 is 2.54 bits per heavy atom. The Bertz CT molecular complexity index is 1530. The lowest BCUT2D eigenvalue weighted by Crippen LogP contribution is -2.24. The summed E-state index contributed by atoms with van der Waals surface area (Å²) in [6.07, 6.45) is 5.98. The average molecular weight is 568 g/mol. The Morgan fingerprint density at radius 1 is 1.10 bits per heavy atom. The molecule has 0 radical (unpaired) electrons. The third-order valence-electron chi connectivity index (χ3n) is 8.16. The Kier molecular flexibility index (Phi) is 6.25. The second-order valence-electron chi connectivity index (χ2n) is 10.7. The van der Waals surface area contributed by atoms with Gasteiger partial charge in [0.2, 0.25) is 5.95 Å². The number of fused-ring (bicyclic) bond motifs is 2. The number of carbonyl (C=O) groups excluding carboxylic acids is 1. The molecule has 1 aliphatic heterocycles. The minimum absolute atomic E-state index is 0.162. The fraction of sp³-hybridized carbons (Fsp3) is 0.429. The van der Waals surface area contributed by atoms with Crippen molar-refractivity contribution in [2.45, 2.75) is 44.3 Å². The average Bonchev–Trinajstić information content (AvgIpc) is 3.24. The molecule has 202 valence electrons. The lowest BCUT2D eigenvalue weighted by atomic mass is 10.0. The van der Waals surface area contributed by atoms with Crippen LogP contribution < -0.4 is 4.90 Å². The van der Waals surface area contributed by atoms with Crippen LogP contribution in [0.15, 0.2) is 41.1 Å². The minimum Gasteiger partial charge on any atom is -0.465 e. The van der Waals surface area contributed by atoms with Crippen molar-refractivity contribution in [2.75, 3.05) is 25.1 Å². The molecule has 2 unspecified atom stereocenters. The van der Waals surface area contributed by atoms with E-state index in [0.717, 1.165) is 50.1 Å². The molecule has 0 N–H and O–H groups in total. The van der Waals surface area contributed by atoms with Crippen LogP contribution in [0, 0.1) is 11.8 Å². The van der Waals surface area contributed by atoms with Crippen LogP contribution >= 0.6 is 23.2 Å². The normalized spacial score (nSPS) is 22.5. The summed E-state index contributed by atoms with van der Waals surface area (Å²) in [5, 5.41) is 10.1. The molecule has 11 heteroatoms. The van der Waals surface area contributed by atoms with Gasteiger partial charge in [-0.05, 0) is 61.8 Å². The first kappa shape index (κ1) is 24.9. The van der Waals surface area contributed by atoms with Crippen LogP contribution in [-0.4, -0.2) is 52.0 Å². The number of methoxy groups -OCH3 is 1. The van der Waals surface area contributed by atoms with E-state index in [0.29, 0.717) is 62.8 Å².